The number of hydrogen-bond donors (Lipinski definition) is 0. The van der Waals surface area contributed by atoms with Gasteiger partial charge < -0.3 is 0 Å². The SMILES string of the molecule is CC(C)(C)C1=[C-]CC=C1.Cl.Cl.Cl.[Ti]. The molecule has 0 heterocycles. The summed E-state index contributed by atoms with van der Waals surface area (Å²) in [5.74, 6) is 0. The fraction of sp³-hybridized carbons (Fsp3) is 0.556. The van der Waals surface area contributed by atoms with Gasteiger partial charge in [0.25, 0.3) is 0 Å². The fourth-order valence-electron chi connectivity index (χ4n) is 0.920. The number of allylic oxidation sites excluding steroid dienone is 4. The third-order valence-corrected chi connectivity index (χ3v) is 1.50. The third kappa shape index (κ3) is 8.09. The van der Waals surface area contributed by atoms with Gasteiger partial charge in [0.15, 0.2) is 0 Å². The molecule has 0 saturated heterocycles. The van der Waals surface area contributed by atoms with Crippen molar-refractivity contribution in [1.82, 2.24) is 0 Å². The van der Waals surface area contributed by atoms with Gasteiger partial charge in [0.05, 0.1) is 0 Å². The molecule has 13 heavy (non-hydrogen) atoms. The molecule has 0 aliphatic heterocycles. The summed E-state index contributed by atoms with van der Waals surface area (Å²) >= 11 is 0. The summed E-state index contributed by atoms with van der Waals surface area (Å²) < 4.78 is 0. The van der Waals surface area contributed by atoms with Crippen molar-refractivity contribution in [2.75, 3.05) is 0 Å². The van der Waals surface area contributed by atoms with E-state index in [1.807, 2.05) is 0 Å². The van der Waals surface area contributed by atoms with Crippen LogP contribution in [0.5, 0.6) is 0 Å². The monoisotopic (exact) mass is 277 g/mol. The van der Waals surface area contributed by atoms with Crippen LogP contribution in [0.25, 0.3) is 0 Å². The molecule has 0 radical (unpaired) electrons. The average Bonchev–Trinajstić information content (AvgIpc) is 2.08. The Morgan fingerprint density at radius 3 is 1.77 bits per heavy atom. The van der Waals surface area contributed by atoms with Crippen molar-refractivity contribution < 1.29 is 21.7 Å². The van der Waals surface area contributed by atoms with Crippen molar-refractivity contribution in [1.29, 1.82) is 0 Å². The van der Waals surface area contributed by atoms with Gasteiger partial charge in [-0.1, -0.05) is 20.8 Å². The topological polar surface area (TPSA) is 0 Å². The van der Waals surface area contributed by atoms with Crippen molar-refractivity contribution in [3.05, 3.63) is 23.8 Å². The third-order valence-electron chi connectivity index (χ3n) is 1.50. The standard InChI is InChI=1S/C9H13.3ClH.Ti/c1-9(2,3)8-6-4-5-7-8;;;;/h4,6H,5H2,1-3H3;3*1H;/q-1;;;;. The van der Waals surface area contributed by atoms with Gasteiger partial charge in [-0.15, -0.1) is 43.6 Å². The largest absolute Gasteiger partial charge is 0.269 e. The molecule has 0 aromatic heterocycles. The fourth-order valence-corrected chi connectivity index (χ4v) is 0.920. The molecule has 1 aliphatic carbocycles. The first-order valence-corrected chi connectivity index (χ1v) is 3.38. The smallest absolute Gasteiger partial charge is 0 e. The van der Waals surface area contributed by atoms with Gasteiger partial charge in [0, 0.05) is 21.7 Å². The van der Waals surface area contributed by atoms with Crippen LogP contribution in [0.4, 0.5) is 0 Å². The molecule has 0 N–H and O–H groups in total. The van der Waals surface area contributed by atoms with Gasteiger partial charge in [-0.25, -0.2) is 11.6 Å². The molecule has 0 nitrogen and oxygen atoms in total. The van der Waals surface area contributed by atoms with E-state index in [0.29, 0.717) is 5.41 Å². The maximum atomic E-state index is 3.30. The van der Waals surface area contributed by atoms with Crippen LogP contribution in [0.1, 0.15) is 27.2 Å². The Bertz CT molecular complexity index is 168. The minimum absolute atomic E-state index is 0. The molecule has 0 amide bonds. The molecule has 0 unspecified atom stereocenters. The molecule has 0 spiro atoms. The van der Waals surface area contributed by atoms with E-state index in [4.69, 9.17) is 0 Å². The summed E-state index contributed by atoms with van der Waals surface area (Å²) in [5, 5.41) is 0. The van der Waals surface area contributed by atoms with Crippen molar-refractivity contribution >= 4 is 37.2 Å². The Labute approximate surface area is 115 Å². The Morgan fingerprint density at radius 2 is 1.62 bits per heavy atom. The maximum absolute atomic E-state index is 3.30. The molecule has 0 atom stereocenters. The summed E-state index contributed by atoms with van der Waals surface area (Å²) in [6.07, 6.45) is 8.63. The van der Waals surface area contributed by atoms with Crippen molar-refractivity contribution in [3.8, 4) is 0 Å². The Kier molecular flexibility index (Phi) is 17.5. The van der Waals surface area contributed by atoms with Crippen LogP contribution < -0.4 is 0 Å². The van der Waals surface area contributed by atoms with Gasteiger partial charge in [-0.05, 0) is 5.41 Å². The molecular weight excluding hydrogens is 262 g/mol. The second kappa shape index (κ2) is 9.61. The summed E-state index contributed by atoms with van der Waals surface area (Å²) in [6.45, 7) is 6.64. The molecule has 0 fully saturated rings. The van der Waals surface area contributed by atoms with E-state index in [-0.39, 0.29) is 58.9 Å². The minimum Gasteiger partial charge on any atom is -0.269 e. The van der Waals surface area contributed by atoms with E-state index in [1.54, 1.807) is 0 Å². The van der Waals surface area contributed by atoms with Crippen molar-refractivity contribution in [3.63, 3.8) is 0 Å². The zero-order chi connectivity index (χ0) is 6.91. The summed E-state index contributed by atoms with van der Waals surface area (Å²) in [6, 6.07) is 0. The Balaban J connectivity index is -0.000000101. The number of rotatable bonds is 0. The van der Waals surface area contributed by atoms with E-state index in [9.17, 15) is 0 Å². The van der Waals surface area contributed by atoms with Crippen molar-refractivity contribution in [2.24, 2.45) is 5.41 Å². The Hall–Kier alpha value is 1.06. The molecule has 1 aliphatic rings. The van der Waals surface area contributed by atoms with Gasteiger partial charge in [0.2, 0.25) is 0 Å². The molecule has 1 rings (SSSR count). The van der Waals surface area contributed by atoms with Crippen LogP contribution in [-0.2, 0) is 21.7 Å². The van der Waals surface area contributed by atoms with Gasteiger partial charge >= 0.3 is 0 Å². The van der Waals surface area contributed by atoms with Crippen LogP contribution >= 0.6 is 37.2 Å². The molecule has 4 heteroatoms. The summed E-state index contributed by atoms with van der Waals surface area (Å²) in [5.41, 5.74) is 1.65. The first-order chi connectivity index (χ1) is 4.11. The quantitative estimate of drug-likeness (QED) is 0.464. The van der Waals surface area contributed by atoms with Gasteiger partial charge in [-0.3, -0.25) is 6.08 Å². The van der Waals surface area contributed by atoms with E-state index < -0.39 is 0 Å². The van der Waals surface area contributed by atoms with Crippen LogP contribution in [0.15, 0.2) is 17.7 Å². The second-order valence-corrected chi connectivity index (χ2v) is 3.45. The summed E-state index contributed by atoms with van der Waals surface area (Å²) in [7, 11) is 0. The Morgan fingerprint density at radius 1 is 1.15 bits per heavy atom. The predicted molar refractivity (Wildman–Crippen MR) is 61.7 cm³/mol. The minimum atomic E-state index is 0. The van der Waals surface area contributed by atoms with Gasteiger partial charge in [-0.2, -0.15) is 6.08 Å². The van der Waals surface area contributed by atoms with Gasteiger partial charge in [0.1, 0.15) is 0 Å². The predicted octanol–water partition coefficient (Wildman–Crippen LogP) is 3.98. The average molecular weight is 278 g/mol. The zero-order valence-electron chi connectivity index (χ0n) is 8.09. The first kappa shape index (κ1) is 23.7. The van der Waals surface area contributed by atoms with Crippen molar-refractivity contribution in [2.45, 2.75) is 27.2 Å². The van der Waals surface area contributed by atoms with Crippen LogP contribution in [0, 0.1) is 11.5 Å². The summed E-state index contributed by atoms with van der Waals surface area (Å²) in [4.78, 5) is 0. The number of hydrogen-bond acceptors (Lipinski definition) is 0. The molecule has 0 aromatic rings. The van der Waals surface area contributed by atoms with E-state index in [1.165, 1.54) is 5.57 Å². The van der Waals surface area contributed by atoms with Crippen LogP contribution in [0.3, 0.4) is 0 Å². The second-order valence-electron chi connectivity index (χ2n) is 3.45. The molecular formula is C9H16Cl3Ti-. The van der Waals surface area contributed by atoms with E-state index in [2.05, 4.69) is 39.0 Å². The first-order valence-electron chi connectivity index (χ1n) is 3.38. The molecule has 0 bridgehead atoms. The zero-order valence-corrected chi connectivity index (χ0v) is 12.1. The normalized spacial score (nSPS) is 12.7. The molecule has 0 aromatic carbocycles. The van der Waals surface area contributed by atoms with E-state index >= 15 is 0 Å². The van der Waals surface area contributed by atoms with E-state index in [0.717, 1.165) is 6.42 Å². The van der Waals surface area contributed by atoms with Crippen LogP contribution in [-0.4, -0.2) is 0 Å². The molecule has 78 valence electrons. The number of halogens is 3. The van der Waals surface area contributed by atoms with Crippen LogP contribution in [0.2, 0.25) is 0 Å². The maximum Gasteiger partial charge on any atom is 0 e. The molecule has 0 saturated carbocycles.